The Morgan fingerprint density at radius 3 is 3.05 bits per heavy atom. The Morgan fingerprint density at radius 1 is 1.33 bits per heavy atom. The van der Waals surface area contributed by atoms with E-state index in [9.17, 15) is 0 Å². The molecule has 1 atom stereocenters. The summed E-state index contributed by atoms with van der Waals surface area (Å²) in [5, 5.41) is 2.31. The van der Waals surface area contributed by atoms with E-state index >= 15 is 0 Å². The Balaban J connectivity index is 2.00. The maximum Gasteiger partial charge on any atom is 0.136 e. The molecule has 112 valence electrons. The predicted molar refractivity (Wildman–Crippen MR) is 88.6 cm³/mol. The van der Waals surface area contributed by atoms with Gasteiger partial charge in [0.25, 0.3) is 0 Å². The van der Waals surface area contributed by atoms with Crippen LogP contribution in [0.25, 0.3) is 10.8 Å². The summed E-state index contributed by atoms with van der Waals surface area (Å²) >= 11 is 5.86. The molecule has 1 aromatic heterocycles. The molecule has 1 fully saturated rings. The van der Waals surface area contributed by atoms with Crippen molar-refractivity contribution < 1.29 is 4.74 Å². The average Bonchev–Trinajstić information content (AvgIpc) is 2.99. The van der Waals surface area contributed by atoms with E-state index in [0.29, 0.717) is 6.04 Å². The smallest absolute Gasteiger partial charge is 0.136 e. The summed E-state index contributed by atoms with van der Waals surface area (Å²) in [6, 6.07) is 8.77. The van der Waals surface area contributed by atoms with Gasteiger partial charge in [-0.3, -0.25) is 0 Å². The summed E-state index contributed by atoms with van der Waals surface area (Å²) in [4.78, 5) is 7.11. The summed E-state index contributed by atoms with van der Waals surface area (Å²) in [5.74, 6) is 2.73. The van der Waals surface area contributed by atoms with Gasteiger partial charge in [-0.25, -0.2) is 4.98 Å². The van der Waals surface area contributed by atoms with E-state index in [1.54, 1.807) is 7.11 Å². The van der Waals surface area contributed by atoms with E-state index in [-0.39, 0.29) is 0 Å². The highest BCUT2D eigenvalue weighted by Gasteiger charge is 2.26. The first kappa shape index (κ1) is 14.5. The number of alkyl halides is 1. The van der Waals surface area contributed by atoms with E-state index in [0.717, 1.165) is 42.2 Å². The fourth-order valence-corrected chi connectivity index (χ4v) is 3.45. The topological polar surface area (TPSA) is 25.4 Å². The van der Waals surface area contributed by atoms with E-state index in [1.807, 2.05) is 24.4 Å². The third-order valence-electron chi connectivity index (χ3n) is 4.29. The molecule has 1 aromatic carbocycles. The van der Waals surface area contributed by atoms with Gasteiger partial charge in [0.2, 0.25) is 0 Å². The number of halogens is 1. The highest BCUT2D eigenvalue weighted by atomic mass is 35.5. The molecule has 3 rings (SSSR count). The fourth-order valence-electron chi connectivity index (χ4n) is 3.30. The van der Waals surface area contributed by atoms with Gasteiger partial charge in [-0.15, -0.1) is 11.6 Å². The summed E-state index contributed by atoms with van der Waals surface area (Å²) in [7, 11) is 1.72. The van der Waals surface area contributed by atoms with Crippen LogP contribution >= 0.6 is 11.6 Å². The number of rotatable bonds is 5. The highest BCUT2D eigenvalue weighted by Crippen LogP contribution is 2.35. The van der Waals surface area contributed by atoms with Crippen LogP contribution in [-0.2, 0) is 0 Å². The summed E-state index contributed by atoms with van der Waals surface area (Å²) in [5.41, 5.74) is 0. The molecule has 1 saturated heterocycles. The number of hydrogen-bond donors (Lipinski definition) is 0. The van der Waals surface area contributed by atoms with Crippen molar-refractivity contribution in [3.05, 3.63) is 30.5 Å². The van der Waals surface area contributed by atoms with Crippen LogP contribution in [0.2, 0.25) is 0 Å². The summed E-state index contributed by atoms with van der Waals surface area (Å²) < 4.78 is 5.47. The number of methoxy groups -OCH3 is 1. The minimum atomic E-state index is 0.563. The lowest BCUT2D eigenvalue weighted by atomic mass is 10.1. The molecule has 0 aliphatic carbocycles. The van der Waals surface area contributed by atoms with Gasteiger partial charge in [0.05, 0.1) is 7.11 Å². The Labute approximate surface area is 130 Å². The number of ether oxygens (including phenoxy) is 1. The molecule has 0 saturated carbocycles. The quantitative estimate of drug-likeness (QED) is 0.773. The predicted octanol–water partition coefficient (Wildman–Crippen LogP) is 4.23. The van der Waals surface area contributed by atoms with Crippen molar-refractivity contribution in [3.63, 3.8) is 0 Å². The van der Waals surface area contributed by atoms with Crippen LogP contribution < -0.4 is 9.64 Å². The van der Waals surface area contributed by atoms with Crippen LogP contribution in [-0.4, -0.2) is 30.6 Å². The first-order chi connectivity index (χ1) is 10.3. The first-order valence-corrected chi connectivity index (χ1v) is 8.13. The molecule has 0 amide bonds. The van der Waals surface area contributed by atoms with Crippen molar-refractivity contribution in [2.24, 2.45) is 0 Å². The molecular formula is C17H21ClN2O. The van der Waals surface area contributed by atoms with Crippen molar-refractivity contribution in [3.8, 4) is 5.75 Å². The number of nitrogens with zero attached hydrogens (tertiary/aromatic N) is 2. The fraction of sp³-hybridized carbons (Fsp3) is 0.471. The molecule has 0 radical (unpaired) electrons. The minimum absolute atomic E-state index is 0.563. The number of hydrogen-bond acceptors (Lipinski definition) is 3. The zero-order valence-corrected chi connectivity index (χ0v) is 13.1. The number of fused-ring (bicyclic) bond motifs is 1. The van der Waals surface area contributed by atoms with Crippen molar-refractivity contribution >= 4 is 28.2 Å². The van der Waals surface area contributed by atoms with Crippen LogP contribution in [0.15, 0.2) is 30.5 Å². The van der Waals surface area contributed by atoms with Crippen LogP contribution in [0, 0.1) is 0 Å². The largest absolute Gasteiger partial charge is 0.496 e. The van der Waals surface area contributed by atoms with Crippen LogP contribution in [0.4, 0.5) is 5.82 Å². The molecule has 3 nitrogen and oxygen atoms in total. The molecule has 4 heteroatoms. The maximum absolute atomic E-state index is 5.86. The SMILES string of the molecule is COc1cccc2c(N3CCCC3CCCCl)nccc12. The lowest BCUT2D eigenvalue weighted by Gasteiger charge is -2.27. The number of pyridine rings is 1. The standard InChI is InChI=1S/C17H21ClN2O/c1-21-16-8-2-7-15-14(16)9-11-19-17(15)20-12-4-6-13(20)5-3-10-18/h2,7-9,11,13H,3-6,10,12H2,1H3. The van der Waals surface area contributed by atoms with Crippen molar-refractivity contribution in [2.75, 3.05) is 24.4 Å². The Kier molecular flexibility index (Phi) is 4.49. The van der Waals surface area contributed by atoms with E-state index in [2.05, 4.69) is 16.0 Å². The molecule has 0 spiro atoms. The molecule has 2 heterocycles. The zero-order chi connectivity index (χ0) is 14.7. The van der Waals surface area contributed by atoms with Crippen LogP contribution in [0.3, 0.4) is 0 Å². The van der Waals surface area contributed by atoms with Gasteiger partial charge >= 0.3 is 0 Å². The second kappa shape index (κ2) is 6.52. The number of aromatic nitrogens is 1. The second-order valence-electron chi connectivity index (χ2n) is 5.51. The van der Waals surface area contributed by atoms with Crippen molar-refractivity contribution in [1.82, 2.24) is 4.98 Å². The van der Waals surface area contributed by atoms with Crippen LogP contribution in [0.5, 0.6) is 5.75 Å². The second-order valence-corrected chi connectivity index (χ2v) is 5.89. The molecule has 21 heavy (non-hydrogen) atoms. The van der Waals surface area contributed by atoms with Gasteiger partial charge in [-0.1, -0.05) is 12.1 Å². The summed E-state index contributed by atoms with van der Waals surface area (Å²) in [6.45, 7) is 1.08. The van der Waals surface area contributed by atoms with Gasteiger partial charge in [0.1, 0.15) is 11.6 Å². The van der Waals surface area contributed by atoms with Gasteiger partial charge in [-0.05, 0) is 37.8 Å². The Bertz CT molecular complexity index is 617. The number of anilines is 1. The van der Waals surface area contributed by atoms with Crippen LogP contribution in [0.1, 0.15) is 25.7 Å². The van der Waals surface area contributed by atoms with Gasteiger partial charge in [0.15, 0.2) is 0 Å². The minimum Gasteiger partial charge on any atom is -0.496 e. The van der Waals surface area contributed by atoms with Gasteiger partial charge < -0.3 is 9.64 Å². The highest BCUT2D eigenvalue weighted by molar-refractivity contribution is 6.17. The van der Waals surface area contributed by atoms with E-state index in [4.69, 9.17) is 16.3 Å². The third kappa shape index (κ3) is 2.80. The maximum atomic E-state index is 5.86. The Morgan fingerprint density at radius 2 is 2.24 bits per heavy atom. The van der Waals surface area contributed by atoms with E-state index in [1.165, 1.54) is 18.2 Å². The molecule has 1 unspecified atom stereocenters. The first-order valence-electron chi connectivity index (χ1n) is 7.59. The third-order valence-corrected chi connectivity index (χ3v) is 4.55. The average molecular weight is 305 g/mol. The normalized spacial score (nSPS) is 18.4. The lowest BCUT2D eigenvalue weighted by molar-refractivity contribution is 0.420. The molecule has 1 aliphatic rings. The summed E-state index contributed by atoms with van der Waals surface area (Å²) in [6.07, 6.45) is 6.56. The zero-order valence-electron chi connectivity index (χ0n) is 12.4. The molecule has 1 aliphatic heterocycles. The lowest BCUT2D eigenvalue weighted by Crippen LogP contribution is -2.30. The Hall–Kier alpha value is -1.48. The van der Waals surface area contributed by atoms with Gasteiger partial charge in [-0.2, -0.15) is 0 Å². The van der Waals surface area contributed by atoms with Crippen molar-refractivity contribution in [1.29, 1.82) is 0 Å². The monoisotopic (exact) mass is 304 g/mol. The molecule has 2 aromatic rings. The molecule has 0 N–H and O–H groups in total. The molecular weight excluding hydrogens is 284 g/mol. The van der Waals surface area contributed by atoms with Gasteiger partial charge in [0, 0.05) is 35.4 Å². The van der Waals surface area contributed by atoms with E-state index < -0.39 is 0 Å². The molecule has 0 bridgehead atoms. The van der Waals surface area contributed by atoms with Crippen molar-refractivity contribution in [2.45, 2.75) is 31.7 Å². The number of benzene rings is 1.